The Labute approximate surface area is 125 Å². The number of nitrogens with one attached hydrogen (secondary N) is 1. The quantitative estimate of drug-likeness (QED) is 0.853. The van der Waals surface area contributed by atoms with Crippen molar-refractivity contribution in [1.29, 1.82) is 0 Å². The topological polar surface area (TPSA) is 49.3 Å². The predicted octanol–water partition coefficient (Wildman–Crippen LogP) is 3.51. The Morgan fingerprint density at radius 1 is 1.05 bits per heavy atom. The van der Waals surface area contributed by atoms with Crippen molar-refractivity contribution in [3.8, 4) is 0 Å². The Bertz CT molecular complexity index is 578. The molecule has 110 valence electrons. The van der Waals surface area contributed by atoms with E-state index in [4.69, 9.17) is 0 Å². The highest BCUT2D eigenvalue weighted by Gasteiger charge is 2.20. The lowest BCUT2D eigenvalue weighted by molar-refractivity contribution is -0.138. The molecule has 2 aromatic carbocycles. The molecule has 0 amide bonds. The minimum atomic E-state index is -0.801. The van der Waals surface area contributed by atoms with Gasteiger partial charge in [0.15, 0.2) is 0 Å². The van der Waals surface area contributed by atoms with E-state index in [-0.39, 0.29) is 6.04 Å². The SMILES string of the molecule is Cc1ccc([C@@H](C)NCC(C(=O)O)c2ccccc2)cc1. The zero-order valence-electron chi connectivity index (χ0n) is 12.4. The van der Waals surface area contributed by atoms with E-state index in [0.717, 1.165) is 11.1 Å². The van der Waals surface area contributed by atoms with Crippen LogP contribution in [-0.2, 0) is 4.79 Å². The number of carboxylic acids is 1. The van der Waals surface area contributed by atoms with Crippen LogP contribution in [0.4, 0.5) is 0 Å². The molecule has 0 saturated carbocycles. The summed E-state index contributed by atoms with van der Waals surface area (Å²) in [6, 6.07) is 17.8. The molecule has 0 aliphatic carbocycles. The van der Waals surface area contributed by atoms with Crippen molar-refractivity contribution >= 4 is 5.97 Å². The summed E-state index contributed by atoms with van der Waals surface area (Å²) < 4.78 is 0. The molecule has 0 aliphatic rings. The minimum absolute atomic E-state index is 0.121. The van der Waals surface area contributed by atoms with Crippen molar-refractivity contribution in [2.24, 2.45) is 0 Å². The second kappa shape index (κ2) is 7.04. The number of hydrogen-bond donors (Lipinski definition) is 2. The number of hydrogen-bond acceptors (Lipinski definition) is 2. The van der Waals surface area contributed by atoms with Crippen LogP contribution in [0.2, 0.25) is 0 Å². The first-order chi connectivity index (χ1) is 10.1. The Hall–Kier alpha value is -2.13. The number of aryl methyl sites for hydroxylation is 1. The summed E-state index contributed by atoms with van der Waals surface area (Å²) in [6.45, 7) is 4.51. The number of aliphatic carboxylic acids is 1. The van der Waals surface area contributed by atoms with Gasteiger partial charge in [-0.3, -0.25) is 4.79 Å². The number of carbonyl (C=O) groups is 1. The lowest BCUT2D eigenvalue weighted by atomic mass is 9.98. The van der Waals surface area contributed by atoms with E-state index in [9.17, 15) is 9.90 Å². The molecular formula is C18H21NO2. The van der Waals surface area contributed by atoms with Crippen molar-refractivity contribution in [3.05, 3.63) is 71.3 Å². The van der Waals surface area contributed by atoms with Gasteiger partial charge in [0.25, 0.3) is 0 Å². The van der Waals surface area contributed by atoms with Crippen molar-refractivity contribution < 1.29 is 9.90 Å². The molecule has 0 bridgehead atoms. The van der Waals surface area contributed by atoms with E-state index in [2.05, 4.69) is 43.4 Å². The largest absolute Gasteiger partial charge is 0.481 e. The van der Waals surface area contributed by atoms with Crippen molar-refractivity contribution in [3.63, 3.8) is 0 Å². The van der Waals surface area contributed by atoms with Gasteiger partial charge in [-0.25, -0.2) is 0 Å². The van der Waals surface area contributed by atoms with Crippen LogP contribution in [0.15, 0.2) is 54.6 Å². The van der Waals surface area contributed by atoms with E-state index >= 15 is 0 Å². The third-order valence-electron chi connectivity index (χ3n) is 3.71. The highest BCUT2D eigenvalue weighted by molar-refractivity contribution is 5.76. The summed E-state index contributed by atoms with van der Waals surface area (Å²) in [5, 5.41) is 12.7. The molecule has 2 aromatic rings. The Morgan fingerprint density at radius 3 is 2.24 bits per heavy atom. The molecule has 3 heteroatoms. The summed E-state index contributed by atoms with van der Waals surface area (Å²) in [4.78, 5) is 11.5. The second-order valence-corrected chi connectivity index (χ2v) is 5.34. The average molecular weight is 283 g/mol. The molecule has 2 rings (SSSR count). The predicted molar refractivity (Wildman–Crippen MR) is 84.4 cm³/mol. The Balaban J connectivity index is 2.02. The molecule has 0 spiro atoms. The summed E-state index contributed by atoms with van der Waals surface area (Å²) in [7, 11) is 0. The lowest BCUT2D eigenvalue weighted by Gasteiger charge is -2.19. The summed E-state index contributed by atoms with van der Waals surface area (Å²) in [5.41, 5.74) is 3.21. The number of carboxylic acid groups (broad SMARTS) is 1. The summed E-state index contributed by atoms with van der Waals surface area (Å²) in [6.07, 6.45) is 0. The molecular weight excluding hydrogens is 262 g/mol. The van der Waals surface area contributed by atoms with Crippen LogP contribution in [0.1, 0.15) is 35.6 Å². The summed E-state index contributed by atoms with van der Waals surface area (Å²) in [5.74, 6) is -1.33. The van der Waals surface area contributed by atoms with Gasteiger partial charge in [0, 0.05) is 12.6 Å². The highest BCUT2D eigenvalue weighted by atomic mass is 16.4. The summed E-state index contributed by atoms with van der Waals surface area (Å²) >= 11 is 0. The van der Waals surface area contributed by atoms with Crippen molar-refractivity contribution in [2.75, 3.05) is 6.54 Å². The first-order valence-electron chi connectivity index (χ1n) is 7.15. The van der Waals surface area contributed by atoms with Crippen molar-refractivity contribution in [1.82, 2.24) is 5.32 Å². The van der Waals surface area contributed by atoms with Gasteiger partial charge >= 0.3 is 5.97 Å². The maximum atomic E-state index is 11.5. The van der Waals surface area contributed by atoms with Crippen LogP contribution >= 0.6 is 0 Å². The standard InChI is InChI=1S/C18H21NO2/c1-13-8-10-15(11-9-13)14(2)19-12-17(18(20)21)16-6-4-3-5-7-16/h3-11,14,17,19H,12H2,1-2H3,(H,20,21)/t14-,17?/m1/s1. The van der Waals surface area contributed by atoms with E-state index in [1.807, 2.05) is 30.3 Å². The first kappa shape index (κ1) is 15.3. The van der Waals surface area contributed by atoms with Gasteiger partial charge in [-0.1, -0.05) is 60.2 Å². The van der Waals surface area contributed by atoms with Crippen LogP contribution in [0.3, 0.4) is 0 Å². The zero-order chi connectivity index (χ0) is 15.2. The van der Waals surface area contributed by atoms with E-state index < -0.39 is 11.9 Å². The zero-order valence-corrected chi connectivity index (χ0v) is 12.4. The van der Waals surface area contributed by atoms with Gasteiger partial charge in [0.05, 0.1) is 5.92 Å². The fraction of sp³-hybridized carbons (Fsp3) is 0.278. The molecule has 21 heavy (non-hydrogen) atoms. The molecule has 3 nitrogen and oxygen atoms in total. The van der Waals surface area contributed by atoms with Crippen LogP contribution in [0.5, 0.6) is 0 Å². The van der Waals surface area contributed by atoms with Crippen LogP contribution in [-0.4, -0.2) is 17.6 Å². The number of benzene rings is 2. The number of rotatable bonds is 6. The Kier molecular flexibility index (Phi) is 5.12. The average Bonchev–Trinajstić information content (AvgIpc) is 2.48. The maximum Gasteiger partial charge on any atom is 0.312 e. The van der Waals surface area contributed by atoms with Gasteiger partial charge in [0.2, 0.25) is 0 Å². The molecule has 0 radical (unpaired) electrons. The molecule has 1 unspecified atom stereocenters. The first-order valence-corrected chi connectivity index (χ1v) is 7.15. The molecule has 2 N–H and O–H groups in total. The van der Waals surface area contributed by atoms with Gasteiger partial charge in [-0.2, -0.15) is 0 Å². The normalized spacial score (nSPS) is 13.6. The van der Waals surface area contributed by atoms with Gasteiger partial charge < -0.3 is 10.4 Å². The third kappa shape index (κ3) is 4.17. The molecule has 2 atom stereocenters. The smallest absolute Gasteiger partial charge is 0.312 e. The fourth-order valence-corrected chi connectivity index (χ4v) is 2.30. The fourth-order valence-electron chi connectivity index (χ4n) is 2.30. The van der Waals surface area contributed by atoms with Gasteiger partial charge in [-0.05, 0) is 25.0 Å². The minimum Gasteiger partial charge on any atom is -0.481 e. The molecule has 0 aromatic heterocycles. The van der Waals surface area contributed by atoms with Crippen LogP contribution in [0, 0.1) is 6.92 Å². The molecule has 0 saturated heterocycles. The molecule has 0 aliphatic heterocycles. The van der Waals surface area contributed by atoms with Crippen LogP contribution in [0.25, 0.3) is 0 Å². The van der Waals surface area contributed by atoms with Crippen LogP contribution < -0.4 is 5.32 Å². The highest BCUT2D eigenvalue weighted by Crippen LogP contribution is 2.18. The third-order valence-corrected chi connectivity index (χ3v) is 3.71. The monoisotopic (exact) mass is 283 g/mol. The molecule has 0 heterocycles. The van der Waals surface area contributed by atoms with E-state index in [0.29, 0.717) is 6.54 Å². The van der Waals surface area contributed by atoms with Crippen molar-refractivity contribution in [2.45, 2.75) is 25.8 Å². The van der Waals surface area contributed by atoms with E-state index in [1.165, 1.54) is 5.56 Å². The maximum absolute atomic E-state index is 11.5. The Morgan fingerprint density at radius 2 is 1.67 bits per heavy atom. The molecule has 0 fully saturated rings. The second-order valence-electron chi connectivity index (χ2n) is 5.34. The lowest BCUT2D eigenvalue weighted by Crippen LogP contribution is -2.28. The van der Waals surface area contributed by atoms with Gasteiger partial charge in [0.1, 0.15) is 0 Å². The van der Waals surface area contributed by atoms with E-state index in [1.54, 1.807) is 0 Å². The van der Waals surface area contributed by atoms with Gasteiger partial charge in [-0.15, -0.1) is 0 Å².